The van der Waals surface area contributed by atoms with E-state index in [0.717, 1.165) is 31.3 Å². The van der Waals surface area contributed by atoms with Gasteiger partial charge in [0, 0.05) is 24.5 Å². The van der Waals surface area contributed by atoms with Crippen molar-refractivity contribution in [2.45, 2.75) is 51.6 Å². The largest absolute Gasteiger partial charge is 0.339 e. The van der Waals surface area contributed by atoms with Crippen LogP contribution in [0.1, 0.15) is 45.3 Å². The molecule has 0 spiro atoms. The maximum Gasteiger partial charge on any atom is 0.232 e. The fourth-order valence-electron chi connectivity index (χ4n) is 2.20. The van der Waals surface area contributed by atoms with E-state index < -0.39 is 0 Å². The molecular weight excluding hydrogens is 228 g/mol. The Hall–Kier alpha value is -0.940. The third-order valence-corrected chi connectivity index (χ3v) is 3.47. The van der Waals surface area contributed by atoms with Crippen LogP contribution in [0, 0.1) is 0 Å². The molecule has 2 heterocycles. The van der Waals surface area contributed by atoms with E-state index in [1.807, 2.05) is 7.05 Å². The van der Waals surface area contributed by atoms with Crippen molar-refractivity contribution in [1.29, 1.82) is 0 Å². The van der Waals surface area contributed by atoms with Gasteiger partial charge in [0.25, 0.3) is 0 Å². The van der Waals surface area contributed by atoms with Crippen molar-refractivity contribution < 1.29 is 4.52 Å². The van der Waals surface area contributed by atoms with Crippen LogP contribution in [0.4, 0.5) is 0 Å². The van der Waals surface area contributed by atoms with Crippen molar-refractivity contribution >= 4 is 0 Å². The first-order chi connectivity index (χ1) is 8.49. The van der Waals surface area contributed by atoms with Crippen LogP contribution in [-0.4, -0.2) is 41.2 Å². The minimum absolute atomic E-state index is 0.0651. The summed E-state index contributed by atoms with van der Waals surface area (Å²) in [5.41, 5.74) is -0.0651. The highest BCUT2D eigenvalue weighted by Gasteiger charge is 2.23. The Morgan fingerprint density at radius 2 is 2.00 bits per heavy atom. The summed E-state index contributed by atoms with van der Waals surface area (Å²) in [7, 11) is 2.04. The lowest BCUT2D eigenvalue weighted by atomic mass is 9.97. The molecular formula is C13H24N4O. The van der Waals surface area contributed by atoms with Gasteiger partial charge in [0.05, 0.1) is 6.54 Å². The number of nitrogens with zero attached hydrogens (tertiary/aromatic N) is 3. The zero-order valence-electron chi connectivity index (χ0n) is 11.9. The topological polar surface area (TPSA) is 54.2 Å². The highest BCUT2D eigenvalue weighted by atomic mass is 16.5. The van der Waals surface area contributed by atoms with E-state index in [0.29, 0.717) is 6.04 Å². The van der Waals surface area contributed by atoms with Crippen LogP contribution in [0.5, 0.6) is 0 Å². The normalized spacial score (nSPS) is 19.3. The van der Waals surface area contributed by atoms with Crippen LogP contribution in [0.3, 0.4) is 0 Å². The van der Waals surface area contributed by atoms with Gasteiger partial charge in [-0.15, -0.1) is 0 Å². The molecule has 0 radical (unpaired) electrons. The third-order valence-electron chi connectivity index (χ3n) is 3.47. The fraction of sp³-hybridized carbons (Fsp3) is 0.846. The molecule has 1 aromatic heterocycles. The minimum Gasteiger partial charge on any atom is -0.339 e. The number of nitrogens with one attached hydrogen (secondary N) is 1. The van der Waals surface area contributed by atoms with Gasteiger partial charge in [-0.1, -0.05) is 25.9 Å². The van der Waals surface area contributed by atoms with Crippen LogP contribution in [0.15, 0.2) is 4.52 Å². The molecule has 0 bridgehead atoms. The van der Waals surface area contributed by atoms with E-state index in [4.69, 9.17) is 4.52 Å². The number of aromatic nitrogens is 2. The first kappa shape index (κ1) is 13.5. The standard InChI is InChI=1S/C13H24N4O/c1-13(2,3)12-15-11(16-18-12)9-17-7-5-10(14-4)6-8-17/h10,14H,5-9H2,1-4H3. The van der Waals surface area contributed by atoms with E-state index in [1.54, 1.807) is 0 Å². The Morgan fingerprint density at radius 3 is 2.50 bits per heavy atom. The molecule has 0 atom stereocenters. The molecule has 1 saturated heterocycles. The summed E-state index contributed by atoms with van der Waals surface area (Å²) in [6.45, 7) is 9.26. The molecule has 1 aromatic rings. The predicted octanol–water partition coefficient (Wildman–Crippen LogP) is 1.55. The summed E-state index contributed by atoms with van der Waals surface area (Å²) in [4.78, 5) is 6.87. The van der Waals surface area contributed by atoms with Gasteiger partial charge in [-0.3, -0.25) is 4.90 Å². The minimum atomic E-state index is -0.0651. The van der Waals surface area contributed by atoms with Gasteiger partial charge in [0.15, 0.2) is 5.82 Å². The molecule has 1 aliphatic heterocycles. The number of hydrogen-bond donors (Lipinski definition) is 1. The van der Waals surface area contributed by atoms with Gasteiger partial charge in [-0.2, -0.15) is 4.98 Å². The quantitative estimate of drug-likeness (QED) is 0.884. The maximum absolute atomic E-state index is 5.31. The lowest BCUT2D eigenvalue weighted by Crippen LogP contribution is -2.40. The summed E-state index contributed by atoms with van der Waals surface area (Å²) in [5, 5.41) is 7.41. The Balaban J connectivity index is 1.89. The lowest BCUT2D eigenvalue weighted by Gasteiger charge is -2.30. The highest BCUT2D eigenvalue weighted by Crippen LogP contribution is 2.20. The number of rotatable bonds is 3. The SMILES string of the molecule is CNC1CCN(Cc2noc(C(C)(C)C)n2)CC1. The van der Waals surface area contributed by atoms with Crippen molar-refractivity contribution in [2.75, 3.05) is 20.1 Å². The molecule has 0 aromatic carbocycles. The molecule has 5 heteroatoms. The van der Waals surface area contributed by atoms with Crippen LogP contribution >= 0.6 is 0 Å². The first-order valence-electron chi connectivity index (χ1n) is 6.71. The predicted molar refractivity (Wildman–Crippen MR) is 70.4 cm³/mol. The van der Waals surface area contributed by atoms with Gasteiger partial charge in [-0.25, -0.2) is 0 Å². The molecule has 18 heavy (non-hydrogen) atoms. The number of piperidine rings is 1. The van der Waals surface area contributed by atoms with E-state index >= 15 is 0 Å². The fourth-order valence-corrected chi connectivity index (χ4v) is 2.20. The Labute approximate surface area is 109 Å². The summed E-state index contributed by atoms with van der Waals surface area (Å²) >= 11 is 0. The van der Waals surface area contributed by atoms with Crippen molar-refractivity contribution in [3.05, 3.63) is 11.7 Å². The molecule has 5 nitrogen and oxygen atoms in total. The second-order valence-electron chi connectivity index (χ2n) is 6.10. The third kappa shape index (κ3) is 3.29. The van der Waals surface area contributed by atoms with Crippen LogP contribution in [0.2, 0.25) is 0 Å². The van der Waals surface area contributed by atoms with Crippen LogP contribution < -0.4 is 5.32 Å². The van der Waals surface area contributed by atoms with E-state index in [9.17, 15) is 0 Å². The number of hydrogen-bond acceptors (Lipinski definition) is 5. The first-order valence-corrected chi connectivity index (χ1v) is 6.71. The van der Waals surface area contributed by atoms with Gasteiger partial charge >= 0.3 is 0 Å². The lowest BCUT2D eigenvalue weighted by molar-refractivity contribution is 0.188. The van der Waals surface area contributed by atoms with Crippen LogP contribution in [0.25, 0.3) is 0 Å². The summed E-state index contributed by atoms with van der Waals surface area (Å²) < 4.78 is 5.31. The summed E-state index contributed by atoms with van der Waals surface area (Å²) in [6.07, 6.45) is 2.39. The highest BCUT2D eigenvalue weighted by molar-refractivity contribution is 4.98. The second-order valence-corrected chi connectivity index (χ2v) is 6.10. The Bertz CT molecular complexity index is 375. The summed E-state index contributed by atoms with van der Waals surface area (Å²) in [5.74, 6) is 1.53. The summed E-state index contributed by atoms with van der Waals surface area (Å²) in [6, 6.07) is 0.664. The number of likely N-dealkylation sites (tertiary alicyclic amines) is 1. The van der Waals surface area contributed by atoms with Gasteiger partial charge in [-0.05, 0) is 19.9 Å². The average Bonchev–Trinajstić information content (AvgIpc) is 2.78. The monoisotopic (exact) mass is 252 g/mol. The van der Waals surface area contributed by atoms with Crippen molar-refractivity contribution in [1.82, 2.24) is 20.4 Å². The molecule has 0 amide bonds. The Morgan fingerprint density at radius 1 is 1.33 bits per heavy atom. The van der Waals surface area contributed by atoms with Gasteiger partial charge < -0.3 is 9.84 Å². The molecule has 1 aliphatic rings. The van der Waals surface area contributed by atoms with Gasteiger partial charge in [0.2, 0.25) is 5.89 Å². The van der Waals surface area contributed by atoms with E-state index in [1.165, 1.54) is 12.8 Å². The van der Waals surface area contributed by atoms with Crippen LogP contribution in [-0.2, 0) is 12.0 Å². The van der Waals surface area contributed by atoms with Crippen molar-refractivity contribution in [3.63, 3.8) is 0 Å². The van der Waals surface area contributed by atoms with Gasteiger partial charge in [0.1, 0.15) is 0 Å². The maximum atomic E-state index is 5.31. The van der Waals surface area contributed by atoms with Crippen molar-refractivity contribution in [3.8, 4) is 0 Å². The average molecular weight is 252 g/mol. The molecule has 1 fully saturated rings. The zero-order chi connectivity index (χ0) is 13.2. The zero-order valence-corrected chi connectivity index (χ0v) is 11.9. The molecule has 0 saturated carbocycles. The Kier molecular flexibility index (Phi) is 4.02. The molecule has 0 unspecified atom stereocenters. The van der Waals surface area contributed by atoms with E-state index in [2.05, 4.69) is 41.1 Å². The molecule has 0 aliphatic carbocycles. The van der Waals surface area contributed by atoms with E-state index in [-0.39, 0.29) is 5.41 Å². The van der Waals surface area contributed by atoms with Crippen molar-refractivity contribution in [2.24, 2.45) is 0 Å². The smallest absolute Gasteiger partial charge is 0.232 e. The molecule has 2 rings (SSSR count). The molecule has 102 valence electrons. The molecule has 1 N–H and O–H groups in total. The second kappa shape index (κ2) is 5.36.